The summed E-state index contributed by atoms with van der Waals surface area (Å²) in [6.07, 6.45) is 0. The first-order valence-corrected chi connectivity index (χ1v) is 10.1. The molecule has 1 heterocycles. The van der Waals surface area contributed by atoms with Gasteiger partial charge in [0.1, 0.15) is 6.54 Å². The molecule has 154 valence electrons. The molecule has 0 saturated carbocycles. The topological polar surface area (TPSA) is 55.9 Å². The first-order chi connectivity index (χ1) is 13.9. The van der Waals surface area contributed by atoms with Crippen LogP contribution in [0, 0.1) is 0 Å². The minimum atomic E-state index is -0.199. The molecule has 1 aliphatic heterocycles. The van der Waals surface area contributed by atoms with E-state index in [0.29, 0.717) is 0 Å². The van der Waals surface area contributed by atoms with E-state index in [2.05, 4.69) is 22.2 Å². The van der Waals surface area contributed by atoms with Gasteiger partial charge in [-0.05, 0) is 43.8 Å². The fourth-order valence-electron chi connectivity index (χ4n) is 3.61. The van der Waals surface area contributed by atoms with Crippen LogP contribution in [0.1, 0.15) is 25.5 Å². The molecule has 2 amide bonds. The van der Waals surface area contributed by atoms with Crippen molar-refractivity contribution >= 4 is 23.2 Å². The molecule has 3 rings (SSSR count). The molecule has 6 heteroatoms. The first kappa shape index (κ1) is 20.9. The molecule has 1 atom stereocenters. The monoisotopic (exact) mass is 394 g/mol. The van der Waals surface area contributed by atoms with E-state index in [4.69, 9.17) is 0 Å². The maximum atomic E-state index is 12.6. The molecule has 6 nitrogen and oxygen atoms in total. The fourth-order valence-corrected chi connectivity index (χ4v) is 3.61. The number of piperazine rings is 1. The summed E-state index contributed by atoms with van der Waals surface area (Å²) in [5.74, 6) is -0.322. The normalized spacial score (nSPS) is 15.6. The minimum Gasteiger partial charge on any atom is -0.369 e. The van der Waals surface area contributed by atoms with E-state index in [-0.39, 0.29) is 24.4 Å². The maximum Gasteiger partial charge on any atom is 0.244 e. The second kappa shape index (κ2) is 9.56. The molecule has 1 saturated heterocycles. The van der Waals surface area contributed by atoms with Gasteiger partial charge in [0.05, 0.1) is 6.04 Å². The largest absolute Gasteiger partial charge is 0.369 e. The first-order valence-electron chi connectivity index (χ1n) is 10.1. The van der Waals surface area contributed by atoms with Crippen LogP contribution in [0.3, 0.4) is 0 Å². The van der Waals surface area contributed by atoms with Crippen molar-refractivity contribution in [1.82, 2.24) is 9.80 Å². The van der Waals surface area contributed by atoms with Gasteiger partial charge in [-0.25, -0.2) is 0 Å². The summed E-state index contributed by atoms with van der Waals surface area (Å²) in [7, 11) is 2.14. The van der Waals surface area contributed by atoms with Gasteiger partial charge >= 0.3 is 0 Å². The van der Waals surface area contributed by atoms with Crippen molar-refractivity contribution in [3.05, 3.63) is 60.2 Å². The Morgan fingerprint density at radius 1 is 1.00 bits per heavy atom. The molecule has 1 N–H and O–H groups in total. The second-order valence-corrected chi connectivity index (χ2v) is 7.62. The van der Waals surface area contributed by atoms with Crippen LogP contribution >= 0.6 is 0 Å². The van der Waals surface area contributed by atoms with E-state index >= 15 is 0 Å². The summed E-state index contributed by atoms with van der Waals surface area (Å²) in [5, 5.41) is 2.91. The van der Waals surface area contributed by atoms with Crippen molar-refractivity contribution in [2.24, 2.45) is 0 Å². The molecule has 0 aromatic heterocycles. The number of likely N-dealkylation sites (N-methyl/N-ethyl adjacent to an activating group) is 1. The zero-order valence-corrected chi connectivity index (χ0v) is 17.5. The molecule has 0 radical (unpaired) electrons. The molecule has 0 spiro atoms. The lowest BCUT2D eigenvalue weighted by atomic mass is 10.1. The summed E-state index contributed by atoms with van der Waals surface area (Å²) < 4.78 is 0. The number of rotatable bonds is 6. The predicted octanol–water partition coefficient (Wildman–Crippen LogP) is 2.99. The summed E-state index contributed by atoms with van der Waals surface area (Å²) >= 11 is 0. The summed E-state index contributed by atoms with van der Waals surface area (Å²) in [6.45, 7) is 7.58. The number of carbonyl (C=O) groups is 2. The molecule has 1 unspecified atom stereocenters. The Kier molecular flexibility index (Phi) is 6.88. The number of nitrogens with zero attached hydrogens (tertiary/aromatic N) is 3. The highest BCUT2D eigenvalue weighted by Gasteiger charge is 2.21. The number of benzene rings is 2. The van der Waals surface area contributed by atoms with Crippen LogP contribution in [0.25, 0.3) is 0 Å². The van der Waals surface area contributed by atoms with Gasteiger partial charge in [0.15, 0.2) is 0 Å². The Morgan fingerprint density at radius 2 is 1.62 bits per heavy atom. The zero-order valence-electron chi connectivity index (χ0n) is 17.5. The highest BCUT2D eigenvalue weighted by atomic mass is 16.2. The van der Waals surface area contributed by atoms with Crippen molar-refractivity contribution in [3.8, 4) is 0 Å². The molecule has 1 fully saturated rings. The summed E-state index contributed by atoms with van der Waals surface area (Å²) in [4.78, 5) is 31.0. The van der Waals surface area contributed by atoms with Crippen LogP contribution in [-0.2, 0) is 9.59 Å². The van der Waals surface area contributed by atoms with Gasteiger partial charge < -0.3 is 20.0 Å². The predicted molar refractivity (Wildman–Crippen MR) is 117 cm³/mol. The molecule has 0 aliphatic carbocycles. The molecule has 1 aliphatic rings. The van der Waals surface area contributed by atoms with Crippen molar-refractivity contribution in [1.29, 1.82) is 0 Å². The van der Waals surface area contributed by atoms with Gasteiger partial charge in [-0.1, -0.05) is 30.3 Å². The van der Waals surface area contributed by atoms with Crippen LogP contribution in [0.2, 0.25) is 0 Å². The molecule has 0 bridgehead atoms. The summed E-state index contributed by atoms with van der Waals surface area (Å²) in [6, 6.07) is 17.5. The van der Waals surface area contributed by atoms with Crippen LogP contribution < -0.4 is 10.2 Å². The van der Waals surface area contributed by atoms with E-state index in [0.717, 1.165) is 37.4 Å². The Labute approximate surface area is 173 Å². The van der Waals surface area contributed by atoms with Gasteiger partial charge in [-0.2, -0.15) is 0 Å². The maximum absolute atomic E-state index is 12.6. The summed E-state index contributed by atoms with van der Waals surface area (Å²) in [5.41, 5.74) is 2.91. The highest BCUT2D eigenvalue weighted by Crippen LogP contribution is 2.21. The molecule has 2 aromatic rings. The third-order valence-electron chi connectivity index (χ3n) is 5.49. The van der Waals surface area contributed by atoms with Crippen LogP contribution in [-0.4, -0.2) is 61.4 Å². The number of hydrogen-bond acceptors (Lipinski definition) is 4. The smallest absolute Gasteiger partial charge is 0.244 e. The van der Waals surface area contributed by atoms with Gasteiger partial charge in [-0.3, -0.25) is 9.59 Å². The molecule has 29 heavy (non-hydrogen) atoms. The molecule has 2 aromatic carbocycles. The van der Waals surface area contributed by atoms with Gasteiger partial charge in [0.2, 0.25) is 11.8 Å². The Hall–Kier alpha value is -2.86. The van der Waals surface area contributed by atoms with E-state index in [1.54, 1.807) is 4.90 Å². The van der Waals surface area contributed by atoms with E-state index in [1.807, 2.05) is 61.5 Å². The SMILES string of the molecule is CC(=O)N(CC(=O)Nc1ccc(N2CCN(C)CC2)cc1)C(C)c1ccccc1. The minimum absolute atomic E-state index is 0.0194. The van der Waals surface area contributed by atoms with Crippen LogP contribution in [0.4, 0.5) is 11.4 Å². The van der Waals surface area contributed by atoms with E-state index < -0.39 is 0 Å². The van der Waals surface area contributed by atoms with Crippen molar-refractivity contribution in [3.63, 3.8) is 0 Å². The number of amides is 2. The Balaban J connectivity index is 1.59. The molecular weight excluding hydrogens is 364 g/mol. The van der Waals surface area contributed by atoms with Crippen molar-refractivity contribution in [2.45, 2.75) is 19.9 Å². The zero-order chi connectivity index (χ0) is 20.8. The average Bonchev–Trinajstić information content (AvgIpc) is 2.73. The fraction of sp³-hybridized carbons (Fsp3) is 0.391. The van der Waals surface area contributed by atoms with Crippen LogP contribution in [0.5, 0.6) is 0 Å². The molecular formula is C23H30N4O2. The lowest BCUT2D eigenvalue weighted by molar-refractivity contribution is -0.134. The quantitative estimate of drug-likeness (QED) is 0.818. The lowest BCUT2D eigenvalue weighted by Crippen LogP contribution is -2.44. The van der Waals surface area contributed by atoms with Gasteiger partial charge in [0.25, 0.3) is 0 Å². The Bertz CT molecular complexity index is 815. The van der Waals surface area contributed by atoms with Gasteiger partial charge in [0, 0.05) is 44.5 Å². The van der Waals surface area contributed by atoms with Gasteiger partial charge in [-0.15, -0.1) is 0 Å². The highest BCUT2D eigenvalue weighted by molar-refractivity contribution is 5.94. The van der Waals surface area contributed by atoms with E-state index in [1.165, 1.54) is 12.6 Å². The number of nitrogens with one attached hydrogen (secondary N) is 1. The third kappa shape index (κ3) is 5.57. The Morgan fingerprint density at radius 3 is 2.21 bits per heavy atom. The number of carbonyl (C=O) groups excluding carboxylic acids is 2. The van der Waals surface area contributed by atoms with Crippen molar-refractivity contribution < 1.29 is 9.59 Å². The van der Waals surface area contributed by atoms with Crippen molar-refractivity contribution in [2.75, 3.05) is 50.0 Å². The second-order valence-electron chi connectivity index (χ2n) is 7.62. The lowest BCUT2D eigenvalue weighted by Gasteiger charge is -2.34. The third-order valence-corrected chi connectivity index (χ3v) is 5.49. The van der Waals surface area contributed by atoms with Crippen LogP contribution in [0.15, 0.2) is 54.6 Å². The number of anilines is 2. The average molecular weight is 395 g/mol. The number of hydrogen-bond donors (Lipinski definition) is 1. The van der Waals surface area contributed by atoms with E-state index in [9.17, 15) is 9.59 Å². The standard InChI is InChI=1S/C23H30N4O2/c1-18(20-7-5-4-6-8-20)27(19(2)28)17-23(29)24-21-9-11-22(12-10-21)26-15-13-25(3)14-16-26/h4-12,18H,13-17H2,1-3H3,(H,24,29).